The first-order valence-electron chi connectivity index (χ1n) is 6.79. The lowest BCUT2D eigenvalue weighted by Gasteiger charge is -2.08. The van der Waals surface area contributed by atoms with Gasteiger partial charge in [0.25, 0.3) is 0 Å². The standard InChI is InChI=1S/C13H17N7O/c1-4-14-13-17-11(10-6-16-19-12(10)18-13)15-5-9-7(2)20-21-8(9)3/h6H,4-5H2,1-3H3,(H3,14,15,16,17,18,19). The Labute approximate surface area is 121 Å². The second-order valence-electron chi connectivity index (χ2n) is 4.71. The lowest BCUT2D eigenvalue weighted by atomic mass is 10.2. The largest absolute Gasteiger partial charge is 0.365 e. The van der Waals surface area contributed by atoms with Crippen molar-refractivity contribution in [2.75, 3.05) is 17.2 Å². The van der Waals surface area contributed by atoms with Gasteiger partial charge in [0.15, 0.2) is 5.65 Å². The Balaban J connectivity index is 1.90. The molecule has 0 unspecified atom stereocenters. The summed E-state index contributed by atoms with van der Waals surface area (Å²) in [5.41, 5.74) is 2.61. The van der Waals surface area contributed by atoms with Crippen LogP contribution in [-0.2, 0) is 6.54 Å². The number of H-pyrrole nitrogens is 1. The summed E-state index contributed by atoms with van der Waals surface area (Å²) in [6.45, 7) is 7.16. The van der Waals surface area contributed by atoms with Crippen LogP contribution in [-0.4, -0.2) is 31.9 Å². The minimum Gasteiger partial charge on any atom is -0.365 e. The highest BCUT2D eigenvalue weighted by Crippen LogP contribution is 2.21. The molecule has 0 spiro atoms. The molecule has 0 aliphatic carbocycles. The number of fused-ring (bicyclic) bond motifs is 1. The second-order valence-corrected chi connectivity index (χ2v) is 4.71. The van der Waals surface area contributed by atoms with Crippen molar-refractivity contribution in [1.82, 2.24) is 25.3 Å². The molecule has 3 aromatic heterocycles. The number of aromatic amines is 1. The third-order valence-corrected chi connectivity index (χ3v) is 3.26. The van der Waals surface area contributed by atoms with Gasteiger partial charge in [-0.3, -0.25) is 5.10 Å². The highest BCUT2D eigenvalue weighted by Gasteiger charge is 2.12. The second kappa shape index (κ2) is 5.39. The average molecular weight is 287 g/mol. The van der Waals surface area contributed by atoms with E-state index < -0.39 is 0 Å². The van der Waals surface area contributed by atoms with E-state index >= 15 is 0 Å². The summed E-state index contributed by atoms with van der Waals surface area (Å²) in [5, 5.41) is 18.1. The molecule has 0 saturated heterocycles. The molecule has 110 valence electrons. The van der Waals surface area contributed by atoms with Crippen molar-refractivity contribution in [3.63, 3.8) is 0 Å². The van der Waals surface area contributed by atoms with Crippen LogP contribution < -0.4 is 10.6 Å². The van der Waals surface area contributed by atoms with E-state index in [0.29, 0.717) is 18.1 Å². The molecule has 3 aromatic rings. The zero-order valence-corrected chi connectivity index (χ0v) is 12.2. The van der Waals surface area contributed by atoms with Gasteiger partial charge in [-0.1, -0.05) is 5.16 Å². The first-order valence-corrected chi connectivity index (χ1v) is 6.79. The van der Waals surface area contributed by atoms with Crippen LogP contribution in [0.25, 0.3) is 11.0 Å². The fourth-order valence-corrected chi connectivity index (χ4v) is 2.13. The van der Waals surface area contributed by atoms with Crippen molar-refractivity contribution in [2.24, 2.45) is 0 Å². The van der Waals surface area contributed by atoms with Crippen LogP contribution in [0.1, 0.15) is 23.9 Å². The van der Waals surface area contributed by atoms with Crippen LogP contribution in [0.4, 0.5) is 11.8 Å². The third kappa shape index (κ3) is 2.51. The van der Waals surface area contributed by atoms with E-state index in [1.165, 1.54) is 0 Å². The van der Waals surface area contributed by atoms with Crippen LogP contribution in [0.2, 0.25) is 0 Å². The van der Waals surface area contributed by atoms with E-state index in [1.807, 2.05) is 20.8 Å². The third-order valence-electron chi connectivity index (χ3n) is 3.26. The van der Waals surface area contributed by atoms with Crippen molar-refractivity contribution < 1.29 is 4.52 Å². The average Bonchev–Trinajstić information content (AvgIpc) is 3.05. The van der Waals surface area contributed by atoms with Gasteiger partial charge in [0.05, 0.1) is 17.3 Å². The van der Waals surface area contributed by atoms with Gasteiger partial charge in [-0.25, -0.2) is 0 Å². The molecule has 0 amide bonds. The van der Waals surface area contributed by atoms with E-state index in [-0.39, 0.29) is 0 Å². The van der Waals surface area contributed by atoms with Gasteiger partial charge >= 0.3 is 0 Å². The molecule has 0 saturated carbocycles. The van der Waals surface area contributed by atoms with Gasteiger partial charge in [0, 0.05) is 18.7 Å². The summed E-state index contributed by atoms with van der Waals surface area (Å²) in [6.07, 6.45) is 1.71. The molecule has 3 N–H and O–H groups in total. The summed E-state index contributed by atoms with van der Waals surface area (Å²) in [7, 11) is 0. The smallest absolute Gasteiger partial charge is 0.226 e. The number of rotatable bonds is 5. The molecular weight excluding hydrogens is 270 g/mol. The van der Waals surface area contributed by atoms with E-state index in [1.54, 1.807) is 6.20 Å². The Morgan fingerprint density at radius 3 is 2.81 bits per heavy atom. The number of nitrogens with zero attached hydrogens (tertiary/aromatic N) is 4. The molecule has 0 aromatic carbocycles. The molecule has 3 rings (SSSR count). The van der Waals surface area contributed by atoms with Gasteiger partial charge < -0.3 is 15.2 Å². The van der Waals surface area contributed by atoms with Crippen molar-refractivity contribution in [2.45, 2.75) is 27.3 Å². The molecule has 0 atom stereocenters. The quantitative estimate of drug-likeness (QED) is 0.659. The molecule has 3 heterocycles. The Morgan fingerprint density at radius 2 is 2.10 bits per heavy atom. The Morgan fingerprint density at radius 1 is 1.24 bits per heavy atom. The first kappa shape index (κ1) is 13.3. The fraction of sp³-hybridized carbons (Fsp3) is 0.385. The normalized spacial score (nSPS) is 11.0. The van der Waals surface area contributed by atoms with E-state index in [9.17, 15) is 0 Å². The molecule has 0 radical (unpaired) electrons. The fourth-order valence-electron chi connectivity index (χ4n) is 2.13. The maximum Gasteiger partial charge on any atom is 0.226 e. The summed E-state index contributed by atoms with van der Waals surface area (Å²) in [5.74, 6) is 2.10. The molecule has 0 aliphatic rings. The maximum absolute atomic E-state index is 5.16. The Kier molecular flexibility index (Phi) is 3.43. The van der Waals surface area contributed by atoms with Gasteiger partial charge in [-0.05, 0) is 20.8 Å². The van der Waals surface area contributed by atoms with E-state index in [4.69, 9.17) is 4.52 Å². The highest BCUT2D eigenvalue weighted by atomic mass is 16.5. The van der Waals surface area contributed by atoms with Crippen LogP contribution in [0.3, 0.4) is 0 Å². The lowest BCUT2D eigenvalue weighted by Crippen LogP contribution is -2.07. The summed E-state index contributed by atoms with van der Waals surface area (Å²) in [4.78, 5) is 8.83. The van der Waals surface area contributed by atoms with Crippen molar-refractivity contribution in [3.8, 4) is 0 Å². The minimum absolute atomic E-state index is 0.565. The monoisotopic (exact) mass is 287 g/mol. The lowest BCUT2D eigenvalue weighted by molar-refractivity contribution is 0.392. The number of nitrogens with one attached hydrogen (secondary N) is 3. The number of hydrogen-bond acceptors (Lipinski definition) is 7. The van der Waals surface area contributed by atoms with Crippen LogP contribution in [0.5, 0.6) is 0 Å². The number of aryl methyl sites for hydroxylation is 2. The SMILES string of the molecule is CCNc1nc(NCc2c(C)noc2C)c2cn[nH]c2n1. The molecule has 8 nitrogen and oxygen atoms in total. The van der Waals surface area contributed by atoms with Gasteiger partial charge in [-0.2, -0.15) is 15.1 Å². The zero-order valence-electron chi connectivity index (χ0n) is 12.2. The summed E-state index contributed by atoms with van der Waals surface area (Å²) >= 11 is 0. The molecule has 21 heavy (non-hydrogen) atoms. The van der Waals surface area contributed by atoms with Crippen LogP contribution in [0, 0.1) is 13.8 Å². The summed E-state index contributed by atoms with van der Waals surface area (Å²) in [6, 6.07) is 0. The Bertz CT molecular complexity index is 742. The number of aromatic nitrogens is 5. The van der Waals surface area contributed by atoms with Crippen molar-refractivity contribution in [3.05, 3.63) is 23.2 Å². The molecule has 0 aliphatic heterocycles. The van der Waals surface area contributed by atoms with Crippen molar-refractivity contribution in [1.29, 1.82) is 0 Å². The molecule has 0 bridgehead atoms. The van der Waals surface area contributed by atoms with Crippen LogP contribution in [0.15, 0.2) is 10.7 Å². The maximum atomic E-state index is 5.16. The van der Waals surface area contributed by atoms with Gasteiger partial charge in [0.2, 0.25) is 5.95 Å². The van der Waals surface area contributed by atoms with E-state index in [2.05, 4.69) is 36.0 Å². The highest BCUT2D eigenvalue weighted by molar-refractivity contribution is 5.86. The first-order chi connectivity index (χ1) is 10.2. The molecule has 0 fully saturated rings. The Hall–Kier alpha value is -2.64. The molecule has 8 heteroatoms. The van der Waals surface area contributed by atoms with E-state index in [0.717, 1.165) is 34.8 Å². The van der Waals surface area contributed by atoms with Crippen LogP contribution >= 0.6 is 0 Å². The number of anilines is 2. The predicted octanol–water partition coefficient (Wildman–Crippen LogP) is 2.00. The zero-order chi connectivity index (χ0) is 14.8. The van der Waals surface area contributed by atoms with Gasteiger partial charge in [0.1, 0.15) is 11.6 Å². The minimum atomic E-state index is 0.565. The predicted molar refractivity (Wildman–Crippen MR) is 79.2 cm³/mol. The van der Waals surface area contributed by atoms with Gasteiger partial charge in [-0.15, -0.1) is 0 Å². The van der Waals surface area contributed by atoms with Crippen molar-refractivity contribution >= 4 is 22.8 Å². The summed E-state index contributed by atoms with van der Waals surface area (Å²) < 4.78 is 5.16. The molecular formula is C13H17N7O. The topological polar surface area (TPSA) is 105 Å². The number of hydrogen-bond donors (Lipinski definition) is 3.